The van der Waals surface area contributed by atoms with Gasteiger partial charge in [0.05, 0.1) is 20.0 Å². The molecule has 0 unspecified atom stereocenters. The van der Waals surface area contributed by atoms with Crippen molar-refractivity contribution in [2.24, 2.45) is 0 Å². The summed E-state index contributed by atoms with van der Waals surface area (Å²) in [6.45, 7) is 1.65. The first-order valence-electron chi connectivity index (χ1n) is 5.71. The first kappa shape index (κ1) is 16.7. The maximum Gasteiger partial charge on any atom is 0.335 e. The lowest BCUT2D eigenvalue weighted by Gasteiger charge is -2.10. The van der Waals surface area contributed by atoms with Crippen molar-refractivity contribution in [2.75, 3.05) is 0 Å². The minimum Gasteiger partial charge on any atom is -0.478 e. The number of aromatic carboxylic acids is 1. The second-order valence-corrected chi connectivity index (χ2v) is 9.71. The molecule has 0 fully saturated rings. The number of hydrogen-bond donors (Lipinski definition) is 1. The van der Waals surface area contributed by atoms with E-state index in [0.29, 0.717) is 14.9 Å². The summed E-state index contributed by atoms with van der Waals surface area (Å²) in [5, 5.41) is 9.06. The van der Waals surface area contributed by atoms with Gasteiger partial charge in [0.15, 0.2) is 9.84 Å². The Balaban J connectivity index is 2.51. The van der Waals surface area contributed by atoms with Crippen LogP contribution in [0.3, 0.4) is 0 Å². The second-order valence-electron chi connectivity index (χ2n) is 4.35. The molecule has 2 aromatic rings. The predicted molar refractivity (Wildman–Crippen MR) is 88.7 cm³/mol. The smallest absolute Gasteiger partial charge is 0.335 e. The van der Waals surface area contributed by atoms with Crippen LogP contribution in [0.5, 0.6) is 0 Å². The van der Waals surface area contributed by atoms with E-state index in [1.807, 2.05) is 0 Å². The number of carboxylic acid groups (broad SMARTS) is 1. The van der Waals surface area contributed by atoms with Gasteiger partial charge in [-0.25, -0.2) is 13.2 Å². The van der Waals surface area contributed by atoms with Crippen molar-refractivity contribution in [1.29, 1.82) is 0 Å². The standard InChI is InChI=1S/C13H10Br2O4S2/c1-7-10(14)4-8(13(16)17)5-11(7)21(18,19)6-9-2-3-12(15)20-9/h2-5H,6H2,1H3,(H,16,17). The minimum atomic E-state index is -3.61. The lowest BCUT2D eigenvalue weighted by molar-refractivity contribution is 0.0696. The van der Waals surface area contributed by atoms with Gasteiger partial charge in [0.2, 0.25) is 0 Å². The normalized spacial score (nSPS) is 11.6. The Labute approximate surface area is 143 Å². The number of rotatable bonds is 4. The summed E-state index contributed by atoms with van der Waals surface area (Å²) in [7, 11) is -3.61. The Morgan fingerprint density at radius 3 is 2.48 bits per heavy atom. The van der Waals surface area contributed by atoms with E-state index in [0.717, 1.165) is 3.79 Å². The average molecular weight is 454 g/mol. The highest BCUT2D eigenvalue weighted by Crippen LogP contribution is 2.30. The van der Waals surface area contributed by atoms with Gasteiger partial charge in [-0.05, 0) is 52.7 Å². The summed E-state index contributed by atoms with van der Waals surface area (Å²) in [5.74, 6) is -1.31. The van der Waals surface area contributed by atoms with Crippen molar-refractivity contribution in [3.63, 3.8) is 0 Å². The van der Waals surface area contributed by atoms with Gasteiger partial charge in [-0.2, -0.15) is 0 Å². The molecule has 0 saturated carbocycles. The topological polar surface area (TPSA) is 71.4 Å². The molecule has 0 bridgehead atoms. The van der Waals surface area contributed by atoms with Crippen LogP contribution in [0.4, 0.5) is 0 Å². The van der Waals surface area contributed by atoms with E-state index in [9.17, 15) is 13.2 Å². The fourth-order valence-corrected chi connectivity index (χ4v) is 5.87. The summed E-state index contributed by atoms with van der Waals surface area (Å²) in [4.78, 5) is 11.8. The number of sulfone groups is 1. The minimum absolute atomic E-state index is 0.0406. The lowest BCUT2D eigenvalue weighted by atomic mass is 10.1. The van der Waals surface area contributed by atoms with Crippen LogP contribution in [0, 0.1) is 6.92 Å². The van der Waals surface area contributed by atoms with Crippen molar-refractivity contribution >= 4 is 59.0 Å². The highest BCUT2D eigenvalue weighted by Gasteiger charge is 2.22. The molecule has 1 heterocycles. The van der Waals surface area contributed by atoms with Crippen molar-refractivity contribution < 1.29 is 18.3 Å². The molecule has 1 N–H and O–H groups in total. The summed E-state index contributed by atoms with van der Waals surface area (Å²) >= 11 is 7.85. The van der Waals surface area contributed by atoms with Gasteiger partial charge < -0.3 is 5.11 Å². The van der Waals surface area contributed by atoms with Crippen LogP contribution in [0.2, 0.25) is 0 Å². The molecule has 21 heavy (non-hydrogen) atoms. The predicted octanol–water partition coefficient (Wildman–Crippen LogP) is 4.25. The molecule has 0 radical (unpaired) electrons. The molecule has 0 saturated heterocycles. The fraction of sp³-hybridized carbons (Fsp3) is 0.154. The van der Waals surface area contributed by atoms with Gasteiger partial charge in [-0.1, -0.05) is 15.9 Å². The summed E-state index contributed by atoms with van der Waals surface area (Å²) in [6.07, 6.45) is 0. The molecule has 1 aromatic heterocycles. The molecular formula is C13H10Br2O4S2. The highest BCUT2D eigenvalue weighted by molar-refractivity contribution is 9.11. The summed E-state index contributed by atoms with van der Waals surface area (Å²) in [6, 6.07) is 6.13. The molecule has 0 atom stereocenters. The van der Waals surface area contributed by atoms with E-state index in [1.165, 1.54) is 23.5 Å². The van der Waals surface area contributed by atoms with Crippen LogP contribution < -0.4 is 0 Å². The first-order valence-corrected chi connectivity index (χ1v) is 9.76. The van der Waals surface area contributed by atoms with E-state index in [4.69, 9.17) is 5.11 Å². The quantitative estimate of drug-likeness (QED) is 0.750. The zero-order valence-corrected chi connectivity index (χ0v) is 15.6. The van der Waals surface area contributed by atoms with E-state index in [1.54, 1.807) is 19.1 Å². The number of hydrogen-bond acceptors (Lipinski definition) is 4. The number of halogens is 2. The van der Waals surface area contributed by atoms with E-state index >= 15 is 0 Å². The zero-order chi connectivity index (χ0) is 15.8. The largest absolute Gasteiger partial charge is 0.478 e. The third kappa shape index (κ3) is 3.74. The molecular weight excluding hydrogens is 444 g/mol. The molecule has 0 spiro atoms. The molecule has 8 heteroatoms. The van der Waals surface area contributed by atoms with E-state index in [-0.39, 0.29) is 16.2 Å². The maximum absolute atomic E-state index is 12.5. The zero-order valence-electron chi connectivity index (χ0n) is 10.8. The molecule has 0 aliphatic heterocycles. The van der Waals surface area contributed by atoms with Crippen molar-refractivity contribution in [3.05, 3.63) is 48.5 Å². The number of carbonyl (C=O) groups is 1. The van der Waals surface area contributed by atoms with Gasteiger partial charge in [-0.3, -0.25) is 0 Å². The Morgan fingerprint density at radius 2 is 1.95 bits per heavy atom. The summed E-state index contributed by atoms with van der Waals surface area (Å²) in [5.41, 5.74) is 0.453. The Morgan fingerprint density at radius 1 is 1.29 bits per heavy atom. The number of carboxylic acids is 1. The highest BCUT2D eigenvalue weighted by atomic mass is 79.9. The summed E-state index contributed by atoms with van der Waals surface area (Å²) < 4.78 is 26.4. The molecule has 1 aromatic carbocycles. The Bertz CT molecular complexity index is 810. The molecule has 2 rings (SSSR count). The van der Waals surface area contributed by atoms with Crippen molar-refractivity contribution in [1.82, 2.24) is 0 Å². The van der Waals surface area contributed by atoms with Gasteiger partial charge in [0, 0.05) is 9.35 Å². The van der Waals surface area contributed by atoms with Crippen LogP contribution in [-0.4, -0.2) is 19.5 Å². The first-order chi connectivity index (χ1) is 9.70. The Kier molecular flexibility index (Phi) is 4.92. The number of benzene rings is 1. The van der Waals surface area contributed by atoms with Crippen LogP contribution in [-0.2, 0) is 15.6 Å². The van der Waals surface area contributed by atoms with Gasteiger partial charge in [-0.15, -0.1) is 11.3 Å². The third-order valence-corrected chi connectivity index (χ3v) is 7.26. The van der Waals surface area contributed by atoms with Crippen LogP contribution in [0.1, 0.15) is 20.8 Å². The maximum atomic E-state index is 12.5. The van der Waals surface area contributed by atoms with Crippen LogP contribution in [0.15, 0.2) is 37.4 Å². The third-order valence-electron chi connectivity index (χ3n) is 2.84. The monoisotopic (exact) mass is 452 g/mol. The number of thiophene rings is 1. The second kappa shape index (κ2) is 6.20. The van der Waals surface area contributed by atoms with Crippen molar-refractivity contribution in [3.8, 4) is 0 Å². The lowest BCUT2D eigenvalue weighted by Crippen LogP contribution is -2.09. The molecule has 0 amide bonds. The Hall–Kier alpha value is -0.700. The molecule has 4 nitrogen and oxygen atoms in total. The van der Waals surface area contributed by atoms with E-state index in [2.05, 4.69) is 31.9 Å². The van der Waals surface area contributed by atoms with Crippen LogP contribution in [0.25, 0.3) is 0 Å². The molecule has 0 aliphatic rings. The fourth-order valence-electron chi connectivity index (χ4n) is 1.79. The molecule has 0 aliphatic carbocycles. The van der Waals surface area contributed by atoms with Gasteiger partial charge in [0.25, 0.3) is 0 Å². The van der Waals surface area contributed by atoms with E-state index < -0.39 is 15.8 Å². The molecule has 112 valence electrons. The van der Waals surface area contributed by atoms with Gasteiger partial charge in [0.1, 0.15) is 0 Å². The average Bonchev–Trinajstić information content (AvgIpc) is 2.76. The van der Waals surface area contributed by atoms with Gasteiger partial charge >= 0.3 is 5.97 Å². The van der Waals surface area contributed by atoms with Crippen LogP contribution >= 0.6 is 43.2 Å². The van der Waals surface area contributed by atoms with Crippen molar-refractivity contribution in [2.45, 2.75) is 17.6 Å². The SMILES string of the molecule is Cc1c(Br)cc(C(=O)O)cc1S(=O)(=O)Cc1ccc(Br)s1.